The Kier molecular flexibility index (Phi) is 4.48. The summed E-state index contributed by atoms with van der Waals surface area (Å²) in [6.45, 7) is 4.24. The molecule has 0 amide bonds. The first-order valence-electron chi connectivity index (χ1n) is 8.06. The first-order valence-corrected chi connectivity index (χ1v) is 8.06. The fraction of sp³-hybridized carbons (Fsp3) is 0.136. The zero-order chi connectivity index (χ0) is 17.0. The lowest BCUT2D eigenvalue weighted by Crippen LogP contribution is -2.19. The molecule has 0 spiro atoms. The molecule has 2 nitrogen and oxygen atoms in total. The Hall–Kier alpha value is -2.87. The fourth-order valence-corrected chi connectivity index (χ4v) is 2.84. The molecule has 3 rings (SSSR count). The minimum Gasteiger partial charge on any atom is -0.507 e. The molecule has 0 aliphatic rings. The summed E-state index contributed by atoms with van der Waals surface area (Å²) < 4.78 is 0. The van der Waals surface area contributed by atoms with Crippen molar-refractivity contribution in [1.82, 2.24) is 0 Å². The molecule has 0 saturated carbocycles. The smallest absolute Gasteiger partial charge is 0.128 e. The molecule has 0 bridgehead atoms. The van der Waals surface area contributed by atoms with E-state index in [1.807, 2.05) is 66.7 Å². The molecule has 0 radical (unpaired) electrons. The minimum absolute atomic E-state index is 0.283. The maximum absolute atomic E-state index is 10.8. The minimum atomic E-state index is -0.290. The molecule has 120 valence electrons. The zero-order valence-electron chi connectivity index (χ0n) is 14.0. The molecule has 0 fully saturated rings. The van der Waals surface area contributed by atoms with Gasteiger partial charge in [0.25, 0.3) is 0 Å². The van der Waals surface area contributed by atoms with Crippen LogP contribution in [-0.4, -0.2) is 11.3 Å². The molecule has 24 heavy (non-hydrogen) atoms. The van der Waals surface area contributed by atoms with Gasteiger partial charge in [0.1, 0.15) is 5.75 Å². The highest BCUT2D eigenvalue weighted by molar-refractivity contribution is 5.86. The van der Waals surface area contributed by atoms with Crippen molar-refractivity contribution < 1.29 is 5.11 Å². The zero-order valence-corrected chi connectivity index (χ0v) is 14.0. The predicted octanol–water partition coefficient (Wildman–Crippen LogP) is 5.47. The molecule has 0 aromatic heterocycles. The molecule has 0 heterocycles. The van der Waals surface area contributed by atoms with Gasteiger partial charge in [0, 0.05) is 22.8 Å². The van der Waals surface area contributed by atoms with E-state index in [1.165, 1.54) is 0 Å². The van der Waals surface area contributed by atoms with Crippen molar-refractivity contribution in [2.45, 2.75) is 19.3 Å². The molecule has 3 aromatic carbocycles. The largest absolute Gasteiger partial charge is 0.507 e. The summed E-state index contributed by atoms with van der Waals surface area (Å²) >= 11 is 0. The van der Waals surface area contributed by atoms with Crippen molar-refractivity contribution in [1.29, 1.82) is 0 Å². The summed E-state index contributed by atoms with van der Waals surface area (Å²) in [5.41, 5.74) is 3.36. The quantitative estimate of drug-likeness (QED) is 0.636. The highest BCUT2D eigenvalue weighted by Gasteiger charge is 2.26. The van der Waals surface area contributed by atoms with Gasteiger partial charge in [-0.05, 0) is 23.8 Å². The standard InChI is InChI=1S/C22H21NO/c1-22(2,18-11-5-3-6-12-18)20-15-9-10-17(21(20)24)16-23-19-13-7-4-8-14-19/h3-16,24H,1-2H3. The van der Waals surface area contributed by atoms with Crippen molar-refractivity contribution >= 4 is 11.9 Å². The third kappa shape index (κ3) is 3.23. The van der Waals surface area contributed by atoms with Gasteiger partial charge in [-0.2, -0.15) is 0 Å². The average molecular weight is 315 g/mol. The highest BCUT2D eigenvalue weighted by Crippen LogP contribution is 2.37. The predicted molar refractivity (Wildman–Crippen MR) is 100 cm³/mol. The van der Waals surface area contributed by atoms with Gasteiger partial charge in [-0.15, -0.1) is 0 Å². The van der Waals surface area contributed by atoms with Gasteiger partial charge in [0.2, 0.25) is 0 Å². The molecular formula is C22H21NO. The summed E-state index contributed by atoms with van der Waals surface area (Å²) in [5.74, 6) is 0.283. The molecule has 1 N–H and O–H groups in total. The van der Waals surface area contributed by atoms with Gasteiger partial charge >= 0.3 is 0 Å². The summed E-state index contributed by atoms with van der Waals surface area (Å²) in [5, 5.41) is 10.8. The van der Waals surface area contributed by atoms with Crippen LogP contribution in [0.2, 0.25) is 0 Å². The second-order valence-electron chi connectivity index (χ2n) is 6.33. The van der Waals surface area contributed by atoms with Crippen molar-refractivity contribution in [2.75, 3.05) is 0 Å². The van der Waals surface area contributed by atoms with Crippen molar-refractivity contribution in [2.24, 2.45) is 4.99 Å². The fourth-order valence-electron chi connectivity index (χ4n) is 2.84. The Labute approximate surface area is 143 Å². The van der Waals surface area contributed by atoms with Gasteiger partial charge in [0.15, 0.2) is 0 Å². The van der Waals surface area contributed by atoms with E-state index in [-0.39, 0.29) is 11.2 Å². The number of aliphatic imine (C=N–C) groups is 1. The van der Waals surface area contributed by atoms with Crippen LogP contribution in [0.15, 0.2) is 83.9 Å². The SMILES string of the molecule is CC(C)(c1ccccc1)c1cccc(C=Nc2ccccc2)c1O. The molecule has 2 heteroatoms. The second kappa shape index (κ2) is 6.71. The highest BCUT2D eigenvalue weighted by atomic mass is 16.3. The van der Waals surface area contributed by atoms with Crippen LogP contribution in [0.4, 0.5) is 5.69 Å². The third-order valence-corrected chi connectivity index (χ3v) is 4.34. The van der Waals surface area contributed by atoms with Crippen molar-refractivity contribution in [3.8, 4) is 5.75 Å². The van der Waals surface area contributed by atoms with Gasteiger partial charge in [-0.1, -0.05) is 74.5 Å². The molecular weight excluding hydrogens is 294 g/mol. The number of benzene rings is 3. The van der Waals surface area contributed by atoms with Gasteiger partial charge < -0.3 is 5.11 Å². The van der Waals surface area contributed by atoms with Crippen LogP contribution in [0, 0.1) is 0 Å². The van der Waals surface area contributed by atoms with E-state index >= 15 is 0 Å². The Balaban J connectivity index is 1.98. The average Bonchev–Trinajstić information content (AvgIpc) is 2.62. The summed E-state index contributed by atoms with van der Waals surface area (Å²) in [6, 6.07) is 25.8. The number of aromatic hydroxyl groups is 1. The lowest BCUT2D eigenvalue weighted by Gasteiger charge is -2.27. The monoisotopic (exact) mass is 315 g/mol. The molecule has 0 aliphatic heterocycles. The maximum Gasteiger partial charge on any atom is 0.128 e. The number of hydrogen-bond acceptors (Lipinski definition) is 2. The van der Waals surface area contributed by atoms with Gasteiger partial charge in [0.05, 0.1) is 5.69 Å². The Morgan fingerprint density at radius 3 is 2.08 bits per heavy atom. The van der Waals surface area contributed by atoms with Gasteiger partial charge in [-0.25, -0.2) is 0 Å². The van der Waals surface area contributed by atoms with E-state index in [0.717, 1.165) is 22.4 Å². The summed E-state index contributed by atoms with van der Waals surface area (Å²) in [7, 11) is 0. The second-order valence-corrected chi connectivity index (χ2v) is 6.33. The Morgan fingerprint density at radius 1 is 0.792 bits per heavy atom. The first kappa shape index (κ1) is 16.0. The summed E-state index contributed by atoms with van der Waals surface area (Å²) in [6.07, 6.45) is 1.72. The van der Waals surface area contributed by atoms with Gasteiger partial charge in [-0.3, -0.25) is 4.99 Å². The number of phenolic OH excluding ortho intramolecular Hbond substituents is 1. The Morgan fingerprint density at radius 2 is 1.42 bits per heavy atom. The number of nitrogens with zero attached hydrogens (tertiary/aromatic N) is 1. The molecule has 0 saturated heterocycles. The lowest BCUT2D eigenvalue weighted by molar-refractivity contribution is 0.452. The topological polar surface area (TPSA) is 32.6 Å². The van der Waals surface area contributed by atoms with Crippen LogP contribution < -0.4 is 0 Å². The van der Waals surface area contributed by atoms with Crippen LogP contribution >= 0.6 is 0 Å². The third-order valence-electron chi connectivity index (χ3n) is 4.34. The van der Waals surface area contributed by atoms with Crippen LogP contribution in [0.1, 0.15) is 30.5 Å². The van der Waals surface area contributed by atoms with E-state index in [1.54, 1.807) is 6.21 Å². The van der Waals surface area contributed by atoms with Crippen LogP contribution in [0.5, 0.6) is 5.75 Å². The number of rotatable bonds is 4. The van der Waals surface area contributed by atoms with Crippen LogP contribution in [0.3, 0.4) is 0 Å². The van der Waals surface area contributed by atoms with Crippen LogP contribution in [0.25, 0.3) is 0 Å². The summed E-state index contributed by atoms with van der Waals surface area (Å²) in [4.78, 5) is 4.45. The maximum atomic E-state index is 10.8. The number of para-hydroxylation sites is 2. The van der Waals surface area contributed by atoms with E-state index in [0.29, 0.717) is 0 Å². The Bertz CT molecular complexity index is 836. The first-order chi connectivity index (χ1) is 11.6. The lowest BCUT2D eigenvalue weighted by atomic mass is 9.77. The van der Waals surface area contributed by atoms with Crippen molar-refractivity contribution in [3.63, 3.8) is 0 Å². The van der Waals surface area contributed by atoms with Crippen LogP contribution in [-0.2, 0) is 5.41 Å². The number of phenols is 1. The number of hydrogen-bond donors (Lipinski definition) is 1. The molecule has 0 atom stereocenters. The van der Waals surface area contributed by atoms with E-state index < -0.39 is 0 Å². The normalized spacial score (nSPS) is 11.8. The van der Waals surface area contributed by atoms with E-state index in [2.05, 4.69) is 31.0 Å². The molecule has 0 unspecified atom stereocenters. The van der Waals surface area contributed by atoms with Crippen molar-refractivity contribution in [3.05, 3.63) is 95.6 Å². The molecule has 0 aliphatic carbocycles. The van der Waals surface area contributed by atoms with E-state index in [4.69, 9.17) is 0 Å². The molecule has 3 aromatic rings. The van der Waals surface area contributed by atoms with E-state index in [9.17, 15) is 5.11 Å².